The Morgan fingerprint density at radius 2 is 2.10 bits per heavy atom. The van der Waals surface area contributed by atoms with Gasteiger partial charge in [-0.1, -0.05) is 5.92 Å². The largest absolute Gasteiger partial charge is 0.350 e. The van der Waals surface area contributed by atoms with E-state index in [2.05, 4.69) is 16.1 Å². The number of likely N-dealkylation sites (tertiary alicyclic amines) is 1. The van der Waals surface area contributed by atoms with Crippen LogP contribution in [0.1, 0.15) is 26.2 Å². The summed E-state index contributed by atoms with van der Waals surface area (Å²) in [6.45, 7) is 4.11. The summed E-state index contributed by atoms with van der Waals surface area (Å²) in [5, 5.41) is 2.95. The highest BCUT2D eigenvalue weighted by atomic mass is 32.2. The van der Waals surface area contributed by atoms with Crippen LogP contribution < -0.4 is 5.32 Å². The molecule has 112 valence electrons. The van der Waals surface area contributed by atoms with E-state index < -0.39 is 15.4 Å². The fourth-order valence-electron chi connectivity index (χ4n) is 2.99. The summed E-state index contributed by atoms with van der Waals surface area (Å²) in [4.78, 5) is 14.4. The molecule has 0 aromatic carbocycles. The maximum absolute atomic E-state index is 12.3. The second-order valence-electron chi connectivity index (χ2n) is 6.15. The summed E-state index contributed by atoms with van der Waals surface area (Å²) in [5.74, 6) is 2.81. The van der Waals surface area contributed by atoms with Crippen molar-refractivity contribution in [2.75, 3.05) is 31.1 Å². The molecular weight excluding hydrogens is 276 g/mol. The fraction of sp³-hybridized carbons (Fsp3) is 0.786. The molecule has 0 aromatic heterocycles. The standard InChI is InChI=1S/C14H22N2O3S/c1-3-7-16-8-4-12(5-9-16)13(17)15-14(2)6-10-20(18,19)11-14/h1,12H,4-11H2,2H3,(H,15,17)/t14-/m1/s1. The maximum Gasteiger partial charge on any atom is 0.223 e. The number of piperidine rings is 1. The lowest BCUT2D eigenvalue weighted by atomic mass is 9.93. The first kappa shape index (κ1) is 15.3. The molecule has 0 aliphatic carbocycles. The summed E-state index contributed by atoms with van der Waals surface area (Å²) < 4.78 is 23.1. The first-order valence-corrected chi connectivity index (χ1v) is 8.84. The molecule has 1 atom stereocenters. The highest BCUT2D eigenvalue weighted by Gasteiger charge is 2.40. The van der Waals surface area contributed by atoms with Gasteiger partial charge in [0.2, 0.25) is 5.91 Å². The minimum Gasteiger partial charge on any atom is -0.350 e. The highest BCUT2D eigenvalue weighted by Crippen LogP contribution is 2.25. The Labute approximate surface area is 121 Å². The molecule has 20 heavy (non-hydrogen) atoms. The van der Waals surface area contributed by atoms with E-state index in [-0.39, 0.29) is 23.3 Å². The topological polar surface area (TPSA) is 66.5 Å². The third kappa shape index (κ3) is 3.74. The van der Waals surface area contributed by atoms with E-state index in [4.69, 9.17) is 6.42 Å². The van der Waals surface area contributed by atoms with Crippen molar-refractivity contribution in [3.05, 3.63) is 0 Å². The number of rotatable bonds is 3. The number of nitrogens with one attached hydrogen (secondary N) is 1. The van der Waals surface area contributed by atoms with Crippen LogP contribution in [0.3, 0.4) is 0 Å². The molecule has 2 rings (SSSR count). The first-order valence-electron chi connectivity index (χ1n) is 7.02. The SMILES string of the molecule is C#CCN1CCC(C(=O)N[C@]2(C)CCS(=O)(=O)C2)CC1. The number of hydrogen-bond acceptors (Lipinski definition) is 4. The second-order valence-corrected chi connectivity index (χ2v) is 8.33. The van der Waals surface area contributed by atoms with Gasteiger partial charge >= 0.3 is 0 Å². The van der Waals surface area contributed by atoms with Crippen LogP contribution in [-0.2, 0) is 14.6 Å². The molecular formula is C14H22N2O3S. The number of amides is 1. The minimum absolute atomic E-state index is 0.00930. The smallest absolute Gasteiger partial charge is 0.223 e. The van der Waals surface area contributed by atoms with Crippen LogP contribution in [0.15, 0.2) is 0 Å². The Morgan fingerprint density at radius 3 is 2.60 bits per heavy atom. The molecule has 0 saturated carbocycles. The van der Waals surface area contributed by atoms with Crippen molar-refractivity contribution in [1.29, 1.82) is 0 Å². The van der Waals surface area contributed by atoms with E-state index in [1.807, 2.05) is 6.92 Å². The molecule has 1 amide bonds. The summed E-state index contributed by atoms with van der Waals surface area (Å²) in [6.07, 6.45) is 7.36. The molecule has 0 bridgehead atoms. The lowest BCUT2D eigenvalue weighted by molar-refractivity contribution is -0.127. The molecule has 5 nitrogen and oxygen atoms in total. The predicted octanol–water partition coefficient (Wildman–Crippen LogP) is 0.0250. The van der Waals surface area contributed by atoms with Crippen molar-refractivity contribution in [1.82, 2.24) is 10.2 Å². The Morgan fingerprint density at radius 1 is 1.45 bits per heavy atom. The van der Waals surface area contributed by atoms with Crippen molar-refractivity contribution >= 4 is 15.7 Å². The zero-order valence-electron chi connectivity index (χ0n) is 11.9. The van der Waals surface area contributed by atoms with Crippen molar-refractivity contribution < 1.29 is 13.2 Å². The van der Waals surface area contributed by atoms with Crippen molar-refractivity contribution in [3.63, 3.8) is 0 Å². The van der Waals surface area contributed by atoms with Crippen LogP contribution in [0.2, 0.25) is 0 Å². The van der Waals surface area contributed by atoms with Gasteiger partial charge in [0.05, 0.1) is 23.6 Å². The van der Waals surface area contributed by atoms with Gasteiger partial charge in [-0.15, -0.1) is 6.42 Å². The summed E-state index contributed by atoms with van der Waals surface area (Å²) in [6, 6.07) is 0. The first-order chi connectivity index (χ1) is 9.34. The van der Waals surface area contributed by atoms with E-state index in [0.717, 1.165) is 25.9 Å². The molecule has 2 fully saturated rings. The quantitative estimate of drug-likeness (QED) is 0.746. The van der Waals surface area contributed by atoms with Gasteiger partial charge in [0.15, 0.2) is 9.84 Å². The number of carbonyl (C=O) groups excluding carboxylic acids is 1. The molecule has 0 unspecified atom stereocenters. The zero-order chi connectivity index (χ0) is 14.8. The van der Waals surface area contributed by atoms with Crippen LogP contribution in [0.25, 0.3) is 0 Å². The molecule has 0 spiro atoms. The third-order valence-electron chi connectivity index (χ3n) is 4.20. The third-order valence-corrected chi connectivity index (χ3v) is 6.10. The van der Waals surface area contributed by atoms with Crippen molar-refractivity contribution in [2.45, 2.75) is 31.7 Å². The van der Waals surface area contributed by atoms with Crippen molar-refractivity contribution in [3.8, 4) is 12.3 Å². The van der Waals surface area contributed by atoms with Gasteiger partial charge in [-0.05, 0) is 39.3 Å². The molecule has 6 heteroatoms. The van der Waals surface area contributed by atoms with Gasteiger partial charge in [0.1, 0.15) is 0 Å². The van der Waals surface area contributed by atoms with Gasteiger partial charge in [0.25, 0.3) is 0 Å². The number of carbonyl (C=O) groups is 1. The molecule has 2 saturated heterocycles. The predicted molar refractivity (Wildman–Crippen MR) is 77.8 cm³/mol. The Balaban J connectivity index is 1.86. The van der Waals surface area contributed by atoms with Gasteiger partial charge < -0.3 is 5.32 Å². The van der Waals surface area contributed by atoms with Gasteiger partial charge in [0, 0.05) is 5.92 Å². The Hall–Kier alpha value is -1.06. The number of nitrogens with zero attached hydrogens (tertiary/aromatic N) is 1. The summed E-state index contributed by atoms with van der Waals surface area (Å²) in [7, 11) is -2.99. The summed E-state index contributed by atoms with van der Waals surface area (Å²) in [5.41, 5.74) is -0.591. The Kier molecular flexibility index (Phi) is 4.40. The molecule has 2 aliphatic heterocycles. The second kappa shape index (κ2) is 5.74. The monoisotopic (exact) mass is 298 g/mol. The maximum atomic E-state index is 12.3. The number of terminal acetylenes is 1. The van der Waals surface area contributed by atoms with Gasteiger partial charge in [-0.3, -0.25) is 9.69 Å². The molecule has 0 aromatic rings. The van der Waals surface area contributed by atoms with E-state index in [9.17, 15) is 13.2 Å². The fourth-order valence-corrected chi connectivity index (χ4v) is 5.08. The Bertz CT molecular complexity index is 515. The van der Waals surface area contributed by atoms with Crippen LogP contribution in [0, 0.1) is 18.3 Å². The number of hydrogen-bond donors (Lipinski definition) is 1. The van der Waals surface area contributed by atoms with E-state index in [0.29, 0.717) is 13.0 Å². The van der Waals surface area contributed by atoms with E-state index in [1.54, 1.807) is 0 Å². The minimum atomic E-state index is -2.99. The zero-order valence-corrected chi connectivity index (χ0v) is 12.7. The van der Waals surface area contributed by atoms with Gasteiger partial charge in [-0.25, -0.2) is 8.42 Å². The summed E-state index contributed by atoms with van der Waals surface area (Å²) >= 11 is 0. The lowest BCUT2D eigenvalue weighted by Crippen LogP contribution is -2.50. The molecule has 2 heterocycles. The average Bonchev–Trinajstić information content (AvgIpc) is 2.64. The van der Waals surface area contributed by atoms with Gasteiger partial charge in [-0.2, -0.15) is 0 Å². The van der Waals surface area contributed by atoms with Crippen molar-refractivity contribution in [2.24, 2.45) is 5.92 Å². The van der Waals surface area contributed by atoms with E-state index in [1.165, 1.54) is 0 Å². The highest BCUT2D eigenvalue weighted by molar-refractivity contribution is 7.91. The molecule has 0 radical (unpaired) electrons. The normalized spacial score (nSPS) is 30.8. The lowest BCUT2D eigenvalue weighted by Gasteiger charge is -2.32. The average molecular weight is 298 g/mol. The van der Waals surface area contributed by atoms with E-state index >= 15 is 0 Å². The van der Waals surface area contributed by atoms with Crippen LogP contribution in [-0.4, -0.2) is 55.9 Å². The molecule has 2 aliphatic rings. The van der Waals surface area contributed by atoms with Crippen LogP contribution in [0.4, 0.5) is 0 Å². The number of sulfone groups is 1. The van der Waals surface area contributed by atoms with Crippen LogP contribution >= 0.6 is 0 Å². The molecule has 1 N–H and O–H groups in total. The van der Waals surface area contributed by atoms with Crippen LogP contribution in [0.5, 0.6) is 0 Å².